The van der Waals surface area contributed by atoms with Crippen LogP contribution >= 0.6 is 0 Å². The van der Waals surface area contributed by atoms with Crippen LogP contribution < -0.4 is 0 Å². The molecule has 0 spiro atoms. The maximum Gasteiger partial charge on any atom is 0.348 e. The summed E-state index contributed by atoms with van der Waals surface area (Å²) in [6.45, 7) is 2.03. The lowest BCUT2D eigenvalue weighted by Gasteiger charge is -2.02. The van der Waals surface area contributed by atoms with Crippen LogP contribution in [0, 0.1) is 11.3 Å². The molecule has 0 heterocycles. The second-order valence-electron chi connectivity index (χ2n) is 3.93. The molecule has 0 saturated carbocycles. The van der Waals surface area contributed by atoms with Crippen LogP contribution in [-0.2, 0) is 22.4 Å². The minimum atomic E-state index is -0.502. The summed E-state index contributed by atoms with van der Waals surface area (Å²) < 4.78 is 4.89. The van der Waals surface area contributed by atoms with Crippen LogP contribution in [0.2, 0.25) is 0 Å². The lowest BCUT2D eigenvalue weighted by Crippen LogP contribution is -2.09. The molecule has 0 N–H and O–H groups in total. The Balaban J connectivity index is 2.30. The molecule has 86 valence electrons. The normalized spacial score (nSPS) is 12.8. The first-order valence-corrected chi connectivity index (χ1v) is 5.62. The van der Waals surface area contributed by atoms with Gasteiger partial charge in [0.2, 0.25) is 0 Å². The Kier molecular flexibility index (Phi) is 3.24. The molecule has 0 radical (unpaired) electrons. The van der Waals surface area contributed by atoms with Crippen molar-refractivity contribution in [2.45, 2.75) is 19.8 Å². The van der Waals surface area contributed by atoms with E-state index in [9.17, 15) is 4.79 Å². The molecule has 3 heteroatoms. The Bertz CT molecular complexity index is 496. The zero-order chi connectivity index (χ0) is 12.3. The number of nitrogens with zero attached hydrogens (tertiary/aromatic N) is 1. The number of fused-ring (bicyclic) bond motifs is 1. The molecule has 0 aromatic heterocycles. The minimum absolute atomic E-state index is 0.169. The van der Waals surface area contributed by atoms with Crippen molar-refractivity contribution in [1.82, 2.24) is 0 Å². The van der Waals surface area contributed by atoms with Crippen molar-refractivity contribution in [1.29, 1.82) is 5.26 Å². The minimum Gasteiger partial charge on any atom is -0.462 e. The van der Waals surface area contributed by atoms with Gasteiger partial charge in [-0.3, -0.25) is 0 Å². The highest BCUT2D eigenvalue weighted by Gasteiger charge is 2.22. The van der Waals surface area contributed by atoms with Crippen molar-refractivity contribution in [3.05, 3.63) is 46.5 Å². The molecule has 0 fully saturated rings. The average molecular weight is 227 g/mol. The molecule has 2 rings (SSSR count). The standard InChI is InChI=1S/C14H13NO2/c1-2-17-14(16)13(9-15)12-7-10-5-3-4-6-11(10)8-12/h3-6H,2,7-8H2,1H3. The van der Waals surface area contributed by atoms with Gasteiger partial charge >= 0.3 is 5.97 Å². The van der Waals surface area contributed by atoms with Crippen LogP contribution in [0.4, 0.5) is 0 Å². The highest BCUT2D eigenvalue weighted by molar-refractivity contribution is 5.94. The van der Waals surface area contributed by atoms with E-state index in [1.807, 2.05) is 30.3 Å². The summed E-state index contributed by atoms with van der Waals surface area (Å²) in [5.41, 5.74) is 3.43. The summed E-state index contributed by atoms with van der Waals surface area (Å²) >= 11 is 0. The number of nitriles is 1. The van der Waals surface area contributed by atoms with Crippen LogP contribution in [0.15, 0.2) is 35.4 Å². The lowest BCUT2D eigenvalue weighted by molar-refractivity contribution is -0.138. The Morgan fingerprint density at radius 1 is 1.35 bits per heavy atom. The fraction of sp³-hybridized carbons (Fsp3) is 0.286. The van der Waals surface area contributed by atoms with Gasteiger partial charge in [0.25, 0.3) is 0 Å². The van der Waals surface area contributed by atoms with Crippen LogP contribution in [0.3, 0.4) is 0 Å². The van der Waals surface area contributed by atoms with E-state index >= 15 is 0 Å². The topological polar surface area (TPSA) is 50.1 Å². The zero-order valence-electron chi connectivity index (χ0n) is 9.69. The summed E-state index contributed by atoms with van der Waals surface area (Å²) in [5.74, 6) is -0.502. The molecular formula is C14H13NO2. The molecule has 17 heavy (non-hydrogen) atoms. The quantitative estimate of drug-likeness (QED) is 0.442. The van der Waals surface area contributed by atoms with E-state index in [0.717, 1.165) is 5.57 Å². The number of carbonyl (C=O) groups excluding carboxylic acids is 1. The van der Waals surface area contributed by atoms with Crippen molar-refractivity contribution in [3.8, 4) is 6.07 Å². The van der Waals surface area contributed by atoms with E-state index < -0.39 is 5.97 Å². The lowest BCUT2D eigenvalue weighted by atomic mass is 10.1. The Morgan fingerprint density at radius 3 is 2.41 bits per heavy atom. The average Bonchev–Trinajstić information content (AvgIpc) is 2.73. The Labute approximate surface area is 100 Å². The van der Waals surface area contributed by atoms with E-state index in [-0.39, 0.29) is 5.57 Å². The third kappa shape index (κ3) is 2.21. The number of benzene rings is 1. The van der Waals surface area contributed by atoms with Gasteiger partial charge in [-0.15, -0.1) is 0 Å². The van der Waals surface area contributed by atoms with E-state index in [1.165, 1.54) is 11.1 Å². The Hall–Kier alpha value is -2.08. The SMILES string of the molecule is CCOC(=O)C(C#N)=C1Cc2ccccc2C1. The monoisotopic (exact) mass is 227 g/mol. The van der Waals surface area contributed by atoms with Crippen LogP contribution in [-0.4, -0.2) is 12.6 Å². The smallest absolute Gasteiger partial charge is 0.348 e. The van der Waals surface area contributed by atoms with Crippen molar-refractivity contribution in [2.75, 3.05) is 6.61 Å². The maximum absolute atomic E-state index is 11.6. The fourth-order valence-corrected chi connectivity index (χ4v) is 2.07. The summed E-state index contributed by atoms with van der Waals surface area (Å²) in [6, 6.07) is 9.97. The highest BCUT2D eigenvalue weighted by Crippen LogP contribution is 2.28. The van der Waals surface area contributed by atoms with Gasteiger partial charge in [0.05, 0.1) is 6.61 Å². The van der Waals surface area contributed by atoms with Crippen LogP contribution in [0.5, 0.6) is 0 Å². The molecule has 0 saturated heterocycles. The molecule has 1 aliphatic rings. The first-order valence-electron chi connectivity index (χ1n) is 5.62. The summed E-state index contributed by atoms with van der Waals surface area (Å²) in [5, 5.41) is 9.05. The molecule has 0 aliphatic heterocycles. The van der Waals surface area contributed by atoms with Crippen molar-refractivity contribution in [3.63, 3.8) is 0 Å². The molecule has 0 bridgehead atoms. The van der Waals surface area contributed by atoms with Gasteiger partial charge < -0.3 is 4.74 Å². The third-order valence-electron chi connectivity index (χ3n) is 2.87. The number of hydrogen-bond donors (Lipinski definition) is 0. The van der Waals surface area contributed by atoms with Crippen molar-refractivity contribution >= 4 is 5.97 Å². The van der Waals surface area contributed by atoms with Gasteiger partial charge in [0.15, 0.2) is 0 Å². The molecule has 0 unspecified atom stereocenters. The van der Waals surface area contributed by atoms with Gasteiger partial charge in [0, 0.05) is 0 Å². The van der Waals surface area contributed by atoms with Crippen LogP contribution in [0.1, 0.15) is 18.1 Å². The number of carbonyl (C=O) groups is 1. The second-order valence-corrected chi connectivity index (χ2v) is 3.93. The number of allylic oxidation sites excluding steroid dienone is 1. The van der Waals surface area contributed by atoms with Gasteiger partial charge in [-0.05, 0) is 36.5 Å². The molecule has 3 nitrogen and oxygen atoms in total. The molecule has 0 atom stereocenters. The summed E-state index contributed by atoms with van der Waals surface area (Å²) in [6.07, 6.45) is 1.36. The number of esters is 1. The molecule has 1 aromatic carbocycles. The van der Waals surface area contributed by atoms with Crippen molar-refractivity contribution in [2.24, 2.45) is 0 Å². The largest absolute Gasteiger partial charge is 0.462 e. The van der Waals surface area contributed by atoms with E-state index in [4.69, 9.17) is 10.00 Å². The first kappa shape index (κ1) is 11.4. The summed E-state index contributed by atoms with van der Waals surface area (Å²) in [4.78, 5) is 11.6. The van der Waals surface area contributed by atoms with Gasteiger partial charge in [0.1, 0.15) is 11.6 Å². The molecular weight excluding hydrogens is 214 g/mol. The van der Waals surface area contributed by atoms with E-state index in [2.05, 4.69) is 0 Å². The predicted molar refractivity (Wildman–Crippen MR) is 63.1 cm³/mol. The first-order chi connectivity index (χ1) is 8.26. The fourth-order valence-electron chi connectivity index (χ4n) is 2.07. The number of hydrogen-bond acceptors (Lipinski definition) is 3. The highest BCUT2D eigenvalue weighted by atomic mass is 16.5. The van der Waals surface area contributed by atoms with Gasteiger partial charge in [-0.2, -0.15) is 5.26 Å². The molecule has 0 amide bonds. The third-order valence-corrected chi connectivity index (χ3v) is 2.87. The molecule has 1 aromatic rings. The second kappa shape index (κ2) is 4.84. The maximum atomic E-state index is 11.6. The van der Waals surface area contributed by atoms with Gasteiger partial charge in [-0.25, -0.2) is 4.79 Å². The number of ether oxygens (including phenoxy) is 1. The predicted octanol–water partition coefficient (Wildman–Crippen LogP) is 2.17. The van der Waals surface area contributed by atoms with Crippen molar-refractivity contribution < 1.29 is 9.53 Å². The Morgan fingerprint density at radius 2 is 1.94 bits per heavy atom. The van der Waals surface area contributed by atoms with Crippen LogP contribution in [0.25, 0.3) is 0 Å². The molecule has 1 aliphatic carbocycles. The van der Waals surface area contributed by atoms with E-state index in [0.29, 0.717) is 19.4 Å². The zero-order valence-corrected chi connectivity index (χ0v) is 9.69. The summed E-state index contributed by atoms with van der Waals surface area (Å²) in [7, 11) is 0. The van der Waals surface area contributed by atoms with E-state index in [1.54, 1.807) is 6.92 Å². The van der Waals surface area contributed by atoms with Gasteiger partial charge in [-0.1, -0.05) is 24.3 Å². The number of rotatable bonds is 2.